The number of nitrogens with one attached hydrogen (secondary N) is 2. The molecule has 0 bridgehead atoms. The number of hydrogen-bond donors (Lipinski definition) is 2. The van der Waals surface area contributed by atoms with Crippen molar-refractivity contribution in [3.8, 4) is 5.75 Å². The summed E-state index contributed by atoms with van der Waals surface area (Å²) in [5.41, 5.74) is 0.332. The lowest BCUT2D eigenvalue weighted by Crippen LogP contribution is -2.55. The number of hydrogen-bond acceptors (Lipinski definition) is 4. The SMILES string of the molecule is CN1C(C(=O)Nc2ccc(F)c(Cl)c2)CC(c2cccc(OC(F)(F)F)c2)NS1(=O)=O. The van der Waals surface area contributed by atoms with Gasteiger partial charge in [-0.25, -0.2) is 4.39 Å². The minimum absolute atomic E-state index is 0.0913. The summed E-state index contributed by atoms with van der Waals surface area (Å²) < 4.78 is 82.8. The molecule has 13 heteroatoms. The van der Waals surface area contributed by atoms with Crippen LogP contribution in [0.3, 0.4) is 0 Å². The van der Waals surface area contributed by atoms with Gasteiger partial charge in [-0.1, -0.05) is 23.7 Å². The van der Waals surface area contributed by atoms with E-state index in [0.717, 1.165) is 22.5 Å². The highest BCUT2D eigenvalue weighted by molar-refractivity contribution is 7.87. The van der Waals surface area contributed by atoms with E-state index in [2.05, 4.69) is 14.8 Å². The minimum Gasteiger partial charge on any atom is -0.406 e. The molecule has 168 valence electrons. The fourth-order valence-corrected chi connectivity index (χ4v) is 4.51. The molecule has 1 aliphatic rings. The maximum Gasteiger partial charge on any atom is 0.573 e. The monoisotopic (exact) mass is 481 g/mol. The number of nitrogens with zero attached hydrogens (tertiary/aromatic N) is 1. The molecule has 3 rings (SSSR count). The van der Waals surface area contributed by atoms with Crippen LogP contribution in [0.1, 0.15) is 18.0 Å². The van der Waals surface area contributed by atoms with E-state index in [1.165, 1.54) is 31.3 Å². The molecular formula is C18H16ClF4N3O4S. The smallest absolute Gasteiger partial charge is 0.406 e. The Hall–Kier alpha value is -2.41. The lowest BCUT2D eigenvalue weighted by atomic mass is 9.99. The van der Waals surface area contributed by atoms with Crippen molar-refractivity contribution in [1.82, 2.24) is 9.03 Å². The summed E-state index contributed by atoms with van der Waals surface area (Å²) in [6, 6.07) is 6.07. The first-order chi connectivity index (χ1) is 14.4. The second kappa shape index (κ2) is 8.61. The average Bonchev–Trinajstić information content (AvgIpc) is 2.65. The molecule has 0 aromatic heterocycles. The largest absolute Gasteiger partial charge is 0.573 e. The van der Waals surface area contributed by atoms with E-state index in [1.54, 1.807) is 0 Å². The molecule has 31 heavy (non-hydrogen) atoms. The topological polar surface area (TPSA) is 87.7 Å². The minimum atomic E-state index is -4.91. The van der Waals surface area contributed by atoms with E-state index in [-0.39, 0.29) is 22.7 Å². The number of carbonyl (C=O) groups excluding carboxylic acids is 1. The maximum absolute atomic E-state index is 13.3. The Morgan fingerprint density at radius 2 is 1.97 bits per heavy atom. The van der Waals surface area contributed by atoms with Crippen LogP contribution in [0.4, 0.5) is 23.2 Å². The van der Waals surface area contributed by atoms with Crippen LogP contribution >= 0.6 is 11.6 Å². The number of carbonyl (C=O) groups is 1. The normalized spacial score (nSPS) is 21.5. The quantitative estimate of drug-likeness (QED) is 0.653. The number of alkyl halides is 3. The molecule has 2 N–H and O–H groups in total. The van der Waals surface area contributed by atoms with Crippen molar-refractivity contribution in [1.29, 1.82) is 0 Å². The molecule has 0 radical (unpaired) electrons. The summed E-state index contributed by atoms with van der Waals surface area (Å²) in [7, 11) is -2.95. The van der Waals surface area contributed by atoms with Crippen LogP contribution < -0.4 is 14.8 Å². The first kappa shape index (κ1) is 23.3. The number of amides is 1. The molecule has 7 nitrogen and oxygen atoms in total. The Labute approximate surface area is 180 Å². The molecule has 2 aromatic carbocycles. The summed E-state index contributed by atoms with van der Waals surface area (Å²) >= 11 is 5.69. The Balaban J connectivity index is 1.84. The molecule has 0 aliphatic carbocycles. The molecular weight excluding hydrogens is 466 g/mol. The number of likely N-dealkylation sites (N-methyl/N-ethyl adjacent to an activating group) is 1. The third-order valence-electron chi connectivity index (χ3n) is 4.55. The molecule has 2 unspecified atom stereocenters. The number of ether oxygens (including phenoxy) is 1. The zero-order valence-electron chi connectivity index (χ0n) is 15.8. The van der Waals surface area contributed by atoms with Crippen LogP contribution in [0, 0.1) is 5.82 Å². The van der Waals surface area contributed by atoms with Gasteiger partial charge in [0, 0.05) is 12.7 Å². The van der Waals surface area contributed by atoms with Gasteiger partial charge in [-0.3, -0.25) is 4.79 Å². The standard InChI is InChI=1S/C18H16ClF4N3O4S/c1-26-16(17(27)24-11-5-6-14(20)13(19)8-11)9-15(25-31(26,28)29)10-3-2-4-12(7-10)30-18(21,22)23/h2-8,15-16,25H,9H2,1H3,(H,24,27). The fourth-order valence-electron chi connectivity index (χ4n) is 3.05. The molecule has 1 heterocycles. The second-order valence-electron chi connectivity index (χ2n) is 6.68. The van der Waals surface area contributed by atoms with Crippen molar-refractivity contribution < 1.29 is 35.5 Å². The third kappa shape index (κ3) is 5.64. The van der Waals surface area contributed by atoms with Crippen LogP contribution in [0.25, 0.3) is 0 Å². The van der Waals surface area contributed by atoms with Crippen molar-refractivity contribution in [2.75, 3.05) is 12.4 Å². The van der Waals surface area contributed by atoms with Gasteiger partial charge in [-0.15, -0.1) is 13.2 Å². The lowest BCUT2D eigenvalue weighted by Gasteiger charge is -2.36. The average molecular weight is 482 g/mol. The fraction of sp³-hybridized carbons (Fsp3) is 0.278. The Bertz CT molecular complexity index is 1100. The van der Waals surface area contributed by atoms with Gasteiger partial charge >= 0.3 is 6.36 Å². The van der Waals surface area contributed by atoms with Crippen molar-refractivity contribution in [2.45, 2.75) is 24.9 Å². The summed E-state index contributed by atoms with van der Waals surface area (Å²) in [5.74, 6) is -1.93. The van der Waals surface area contributed by atoms with Crippen molar-refractivity contribution >= 4 is 33.4 Å². The van der Waals surface area contributed by atoms with E-state index < -0.39 is 46.1 Å². The molecule has 0 spiro atoms. The zero-order chi connectivity index (χ0) is 23.0. The highest BCUT2D eigenvalue weighted by Crippen LogP contribution is 2.32. The molecule has 1 fully saturated rings. The van der Waals surface area contributed by atoms with Gasteiger partial charge < -0.3 is 10.1 Å². The first-order valence-corrected chi connectivity index (χ1v) is 10.5. The summed E-state index contributed by atoms with van der Waals surface area (Å²) in [4.78, 5) is 12.7. The molecule has 2 aromatic rings. The van der Waals surface area contributed by atoms with Gasteiger partial charge in [-0.2, -0.15) is 17.4 Å². The van der Waals surface area contributed by atoms with Crippen LogP contribution in [0.2, 0.25) is 5.02 Å². The predicted molar refractivity (Wildman–Crippen MR) is 104 cm³/mol. The van der Waals surface area contributed by atoms with Gasteiger partial charge in [0.1, 0.15) is 17.6 Å². The molecule has 1 saturated heterocycles. The maximum atomic E-state index is 13.3. The predicted octanol–water partition coefficient (Wildman–Crippen LogP) is 3.60. The number of anilines is 1. The van der Waals surface area contributed by atoms with Gasteiger partial charge in [0.15, 0.2) is 0 Å². The van der Waals surface area contributed by atoms with Gasteiger partial charge in [0.05, 0.1) is 11.1 Å². The highest BCUT2D eigenvalue weighted by Gasteiger charge is 2.41. The molecule has 0 saturated carbocycles. The summed E-state index contributed by atoms with van der Waals surface area (Å²) in [5, 5.41) is 2.23. The third-order valence-corrected chi connectivity index (χ3v) is 6.44. The Morgan fingerprint density at radius 1 is 1.26 bits per heavy atom. The lowest BCUT2D eigenvalue weighted by molar-refractivity contribution is -0.274. The van der Waals surface area contributed by atoms with Gasteiger partial charge in [0.2, 0.25) is 5.91 Å². The molecule has 1 aliphatic heterocycles. The van der Waals surface area contributed by atoms with Crippen LogP contribution in [-0.2, 0) is 15.0 Å². The van der Waals surface area contributed by atoms with Crippen LogP contribution in [0.5, 0.6) is 5.75 Å². The number of halogens is 5. The second-order valence-corrected chi connectivity index (χ2v) is 8.85. The molecule has 1 amide bonds. The van der Waals surface area contributed by atoms with Crippen LogP contribution in [0.15, 0.2) is 42.5 Å². The van der Waals surface area contributed by atoms with Crippen molar-refractivity contribution in [3.05, 3.63) is 58.9 Å². The van der Waals surface area contributed by atoms with Crippen molar-refractivity contribution in [3.63, 3.8) is 0 Å². The van der Waals surface area contributed by atoms with Crippen LogP contribution in [-0.4, -0.2) is 38.1 Å². The van der Waals surface area contributed by atoms with E-state index in [9.17, 15) is 30.8 Å². The van der Waals surface area contributed by atoms with E-state index in [4.69, 9.17) is 11.6 Å². The van der Waals surface area contributed by atoms with E-state index >= 15 is 0 Å². The van der Waals surface area contributed by atoms with Gasteiger partial charge in [-0.05, 0) is 42.3 Å². The zero-order valence-corrected chi connectivity index (χ0v) is 17.4. The molecule has 2 atom stereocenters. The highest BCUT2D eigenvalue weighted by atomic mass is 35.5. The summed E-state index contributed by atoms with van der Waals surface area (Å²) in [6.45, 7) is 0. The Morgan fingerprint density at radius 3 is 2.61 bits per heavy atom. The number of benzene rings is 2. The van der Waals surface area contributed by atoms with Crippen molar-refractivity contribution in [2.24, 2.45) is 0 Å². The summed E-state index contributed by atoms with van der Waals surface area (Å²) in [6.07, 6.45) is -5.00. The Kier molecular flexibility index (Phi) is 6.46. The van der Waals surface area contributed by atoms with E-state index in [1.807, 2.05) is 0 Å². The van der Waals surface area contributed by atoms with E-state index in [0.29, 0.717) is 0 Å². The first-order valence-electron chi connectivity index (χ1n) is 8.72. The van der Waals surface area contributed by atoms with Gasteiger partial charge in [0.25, 0.3) is 10.2 Å². The number of rotatable bonds is 4.